The molecule has 0 bridgehead atoms. The van der Waals surface area contributed by atoms with Gasteiger partial charge in [0.2, 0.25) is 0 Å². The number of nitrogens with zero attached hydrogens (tertiary/aromatic N) is 3. The van der Waals surface area contributed by atoms with E-state index in [-0.39, 0.29) is 11.1 Å². The summed E-state index contributed by atoms with van der Waals surface area (Å²) in [7, 11) is 0. The molecule has 0 radical (unpaired) electrons. The smallest absolute Gasteiger partial charge is 0.293 e. The molecule has 0 amide bonds. The van der Waals surface area contributed by atoms with Crippen molar-refractivity contribution in [1.82, 2.24) is 9.55 Å². The lowest BCUT2D eigenvalue weighted by Crippen LogP contribution is -2.40. The highest BCUT2D eigenvalue weighted by molar-refractivity contribution is 5.35. The van der Waals surface area contributed by atoms with E-state index in [0.717, 1.165) is 6.54 Å². The van der Waals surface area contributed by atoms with E-state index < -0.39 is 0 Å². The lowest BCUT2D eigenvalue weighted by Gasteiger charge is -2.25. The molecule has 96 valence electrons. The highest BCUT2D eigenvalue weighted by Gasteiger charge is 2.18. The number of likely N-dealkylation sites (N-methyl/N-ethyl adjacent to an activating group) is 1. The molecule has 0 fully saturated rings. The molecular formula is C12H22N4O. The molecule has 5 heteroatoms. The van der Waals surface area contributed by atoms with Crippen molar-refractivity contribution in [2.75, 3.05) is 24.5 Å². The van der Waals surface area contributed by atoms with Crippen LogP contribution in [0.15, 0.2) is 17.2 Å². The van der Waals surface area contributed by atoms with Crippen LogP contribution in [0.5, 0.6) is 0 Å². The third-order valence-corrected chi connectivity index (χ3v) is 2.63. The van der Waals surface area contributed by atoms with Gasteiger partial charge in [0.25, 0.3) is 5.56 Å². The van der Waals surface area contributed by atoms with Crippen LogP contribution in [0, 0.1) is 0 Å². The summed E-state index contributed by atoms with van der Waals surface area (Å²) in [6, 6.07) is 0. The van der Waals surface area contributed by atoms with E-state index >= 15 is 0 Å². The van der Waals surface area contributed by atoms with Crippen LogP contribution < -0.4 is 16.2 Å². The topological polar surface area (TPSA) is 64.2 Å². The van der Waals surface area contributed by atoms with Crippen molar-refractivity contribution in [1.29, 1.82) is 0 Å². The molecule has 0 aromatic carbocycles. The Morgan fingerprint density at radius 1 is 1.47 bits per heavy atom. The summed E-state index contributed by atoms with van der Waals surface area (Å²) in [4.78, 5) is 18.4. The third-order valence-electron chi connectivity index (χ3n) is 2.63. The van der Waals surface area contributed by atoms with E-state index in [1.54, 1.807) is 17.0 Å². The van der Waals surface area contributed by atoms with Gasteiger partial charge in [0, 0.05) is 37.6 Å². The summed E-state index contributed by atoms with van der Waals surface area (Å²) >= 11 is 0. The van der Waals surface area contributed by atoms with Gasteiger partial charge >= 0.3 is 0 Å². The normalized spacial score (nSPS) is 11.6. The van der Waals surface area contributed by atoms with Crippen molar-refractivity contribution < 1.29 is 0 Å². The largest absolute Gasteiger partial charge is 0.351 e. The number of rotatable bonds is 4. The van der Waals surface area contributed by atoms with Gasteiger partial charge in [-0.3, -0.25) is 4.79 Å². The molecule has 17 heavy (non-hydrogen) atoms. The van der Waals surface area contributed by atoms with E-state index in [1.165, 1.54) is 0 Å². The summed E-state index contributed by atoms with van der Waals surface area (Å²) in [5, 5.41) is 0. The molecule has 0 aliphatic carbocycles. The molecule has 0 aliphatic rings. The van der Waals surface area contributed by atoms with Gasteiger partial charge < -0.3 is 15.2 Å². The first-order valence-corrected chi connectivity index (χ1v) is 5.95. The van der Waals surface area contributed by atoms with Gasteiger partial charge in [0.05, 0.1) is 0 Å². The number of anilines is 1. The number of nitrogens with two attached hydrogens (primary N) is 1. The van der Waals surface area contributed by atoms with Gasteiger partial charge in [-0.05, 0) is 27.7 Å². The maximum Gasteiger partial charge on any atom is 0.293 e. The van der Waals surface area contributed by atoms with Crippen LogP contribution in [-0.4, -0.2) is 29.2 Å². The van der Waals surface area contributed by atoms with Crippen LogP contribution in [0.1, 0.15) is 27.7 Å². The number of hydrogen-bond donors (Lipinski definition) is 1. The molecule has 1 heterocycles. The average molecular weight is 238 g/mol. The second kappa shape index (κ2) is 5.31. The van der Waals surface area contributed by atoms with Crippen molar-refractivity contribution in [3.8, 4) is 0 Å². The molecule has 1 rings (SSSR count). The summed E-state index contributed by atoms with van der Waals surface area (Å²) < 4.78 is 1.70. The van der Waals surface area contributed by atoms with E-state index in [2.05, 4.69) is 4.98 Å². The fourth-order valence-electron chi connectivity index (χ4n) is 1.72. The maximum atomic E-state index is 12.3. The van der Waals surface area contributed by atoms with E-state index in [1.807, 2.05) is 32.6 Å². The molecule has 1 aromatic heterocycles. The lowest BCUT2D eigenvalue weighted by molar-refractivity contribution is 0.382. The van der Waals surface area contributed by atoms with E-state index in [4.69, 9.17) is 5.73 Å². The fourth-order valence-corrected chi connectivity index (χ4v) is 1.72. The van der Waals surface area contributed by atoms with Crippen LogP contribution in [0.25, 0.3) is 0 Å². The van der Waals surface area contributed by atoms with E-state index in [0.29, 0.717) is 18.9 Å². The fraction of sp³-hybridized carbons (Fsp3) is 0.667. The first-order chi connectivity index (χ1) is 7.91. The monoisotopic (exact) mass is 238 g/mol. The van der Waals surface area contributed by atoms with Crippen molar-refractivity contribution >= 4 is 5.82 Å². The minimum absolute atomic E-state index is 0.0599. The molecule has 0 spiro atoms. The quantitative estimate of drug-likeness (QED) is 0.842. The molecule has 1 aromatic rings. The van der Waals surface area contributed by atoms with Gasteiger partial charge in [0.15, 0.2) is 5.82 Å². The molecule has 0 atom stereocenters. The molecule has 5 nitrogen and oxygen atoms in total. The first kappa shape index (κ1) is 13.7. The summed E-state index contributed by atoms with van der Waals surface area (Å²) in [6.07, 6.45) is 3.39. The zero-order chi connectivity index (χ0) is 13.1. The standard InChI is InChI=1S/C12H22N4O/c1-5-15(8-6-13)10-11(17)16(9-7-14-10)12(2,3)4/h7,9H,5-6,8,13H2,1-4H3. The predicted octanol–water partition coefficient (Wildman–Crippen LogP) is 0.783. The average Bonchev–Trinajstić information content (AvgIpc) is 2.25. The molecule has 0 saturated heterocycles. The highest BCUT2D eigenvalue weighted by atomic mass is 16.1. The lowest BCUT2D eigenvalue weighted by atomic mass is 10.1. The van der Waals surface area contributed by atoms with E-state index in [9.17, 15) is 4.79 Å². The Hall–Kier alpha value is -1.36. The van der Waals surface area contributed by atoms with Crippen molar-refractivity contribution in [2.45, 2.75) is 33.2 Å². The number of aromatic nitrogens is 2. The molecule has 2 N–H and O–H groups in total. The summed E-state index contributed by atoms with van der Waals surface area (Å²) in [5.74, 6) is 0.482. The minimum Gasteiger partial charge on any atom is -0.351 e. The first-order valence-electron chi connectivity index (χ1n) is 5.95. The zero-order valence-corrected chi connectivity index (χ0v) is 11.1. The Labute approximate surface area is 102 Å². The van der Waals surface area contributed by atoms with Crippen LogP contribution in [0.4, 0.5) is 5.82 Å². The maximum absolute atomic E-state index is 12.3. The SMILES string of the molecule is CCN(CCN)c1nccn(C(C)(C)C)c1=O. The van der Waals surface area contributed by atoms with Crippen molar-refractivity contribution in [2.24, 2.45) is 5.73 Å². The van der Waals surface area contributed by atoms with Gasteiger partial charge in [0.1, 0.15) is 0 Å². The Balaban J connectivity index is 3.23. The van der Waals surface area contributed by atoms with Gasteiger partial charge in [-0.1, -0.05) is 0 Å². The Morgan fingerprint density at radius 3 is 2.59 bits per heavy atom. The second-order valence-corrected chi connectivity index (χ2v) is 4.97. The molecule has 0 unspecified atom stereocenters. The van der Waals surface area contributed by atoms with Crippen LogP contribution >= 0.6 is 0 Å². The number of hydrogen-bond acceptors (Lipinski definition) is 4. The minimum atomic E-state index is -0.239. The predicted molar refractivity (Wildman–Crippen MR) is 70.4 cm³/mol. The molecular weight excluding hydrogens is 216 g/mol. The highest BCUT2D eigenvalue weighted by Crippen LogP contribution is 2.12. The Kier molecular flexibility index (Phi) is 4.28. The zero-order valence-electron chi connectivity index (χ0n) is 11.1. The Bertz CT molecular complexity index is 419. The van der Waals surface area contributed by atoms with Crippen LogP contribution in [-0.2, 0) is 5.54 Å². The molecule has 0 saturated carbocycles. The van der Waals surface area contributed by atoms with Crippen molar-refractivity contribution in [3.63, 3.8) is 0 Å². The second-order valence-electron chi connectivity index (χ2n) is 4.97. The summed E-state index contributed by atoms with van der Waals surface area (Å²) in [5.41, 5.74) is 5.24. The van der Waals surface area contributed by atoms with Gasteiger partial charge in [-0.2, -0.15) is 0 Å². The van der Waals surface area contributed by atoms with Crippen LogP contribution in [0.3, 0.4) is 0 Å². The summed E-state index contributed by atoms with van der Waals surface area (Å²) in [6.45, 7) is 9.87. The van der Waals surface area contributed by atoms with Gasteiger partial charge in [-0.15, -0.1) is 0 Å². The van der Waals surface area contributed by atoms with Crippen LogP contribution in [0.2, 0.25) is 0 Å². The molecule has 0 aliphatic heterocycles. The van der Waals surface area contributed by atoms with Gasteiger partial charge in [-0.25, -0.2) is 4.98 Å². The Morgan fingerprint density at radius 2 is 2.12 bits per heavy atom. The van der Waals surface area contributed by atoms with Crippen molar-refractivity contribution in [3.05, 3.63) is 22.7 Å². The third kappa shape index (κ3) is 3.06.